The largest absolute Gasteiger partial charge is 0.207 e. The number of halogens is 2. The van der Waals surface area contributed by atoms with Gasteiger partial charge in [0.15, 0.2) is 0 Å². The molecule has 0 N–H and O–H groups in total. The first kappa shape index (κ1) is 13.3. The second kappa shape index (κ2) is 5.11. The molecule has 0 unspecified atom stereocenters. The Balaban J connectivity index is 2.15. The van der Waals surface area contributed by atoms with Gasteiger partial charge in [-0.05, 0) is 56.9 Å². The summed E-state index contributed by atoms with van der Waals surface area (Å²) in [4.78, 5) is 0. The smallest absolute Gasteiger partial charge is 0.125 e. The summed E-state index contributed by atoms with van der Waals surface area (Å²) in [6, 6.07) is 23.2. The summed E-state index contributed by atoms with van der Waals surface area (Å²) in [6.07, 6.45) is 0. The van der Waals surface area contributed by atoms with E-state index < -0.39 is 0 Å². The third-order valence-electron chi connectivity index (χ3n) is 3.94. The van der Waals surface area contributed by atoms with Gasteiger partial charge in [-0.25, -0.2) is 4.39 Å². The Morgan fingerprint density at radius 2 is 1.36 bits per heavy atom. The van der Waals surface area contributed by atoms with E-state index in [1.54, 1.807) is 6.07 Å². The van der Waals surface area contributed by atoms with E-state index in [0.717, 1.165) is 27.3 Å². The molecule has 4 aromatic rings. The molecule has 0 bridgehead atoms. The second-order valence-electron chi connectivity index (χ2n) is 5.35. The molecule has 0 aromatic heterocycles. The first-order chi connectivity index (χ1) is 10.7. The summed E-state index contributed by atoms with van der Waals surface area (Å²) < 4.78 is 13.7. The topological polar surface area (TPSA) is 0 Å². The van der Waals surface area contributed by atoms with Gasteiger partial charge in [-0.15, -0.1) is 0 Å². The van der Waals surface area contributed by atoms with E-state index in [-0.39, 0.29) is 5.82 Å². The first-order valence-corrected chi connectivity index (χ1v) is 7.47. The van der Waals surface area contributed by atoms with E-state index in [9.17, 15) is 4.39 Å². The number of hydrogen-bond acceptors (Lipinski definition) is 0. The van der Waals surface area contributed by atoms with Gasteiger partial charge in [0.1, 0.15) is 5.82 Å². The maximum absolute atomic E-state index is 13.7. The molecule has 0 fully saturated rings. The lowest BCUT2D eigenvalue weighted by Gasteiger charge is -2.11. The molecule has 0 aliphatic rings. The van der Waals surface area contributed by atoms with Crippen molar-refractivity contribution in [3.8, 4) is 11.1 Å². The summed E-state index contributed by atoms with van der Waals surface area (Å²) in [5.41, 5.74) is 1.79. The van der Waals surface area contributed by atoms with Crippen LogP contribution in [0, 0.1) is 5.82 Å². The summed E-state index contributed by atoms with van der Waals surface area (Å²) in [7, 11) is 0. The minimum Gasteiger partial charge on any atom is -0.207 e. The van der Waals surface area contributed by atoms with Crippen LogP contribution in [0.2, 0.25) is 5.02 Å². The molecule has 4 aromatic carbocycles. The maximum Gasteiger partial charge on any atom is 0.125 e. The SMILES string of the molecule is Fc1cc(Cl)cc(-c2cc3ccccc3c3ccccc23)c1. The summed E-state index contributed by atoms with van der Waals surface area (Å²) in [5.74, 6) is -0.320. The molecule has 0 aliphatic carbocycles. The third-order valence-corrected chi connectivity index (χ3v) is 4.16. The van der Waals surface area contributed by atoms with Gasteiger partial charge in [0.2, 0.25) is 0 Å². The predicted molar refractivity (Wildman–Crippen MR) is 91.9 cm³/mol. The first-order valence-electron chi connectivity index (χ1n) is 7.09. The highest BCUT2D eigenvalue weighted by Gasteiger charge is 2.09. The fourth-order valence-corrected chi connectivity index (χ4v) is 3.22. The Morgan fingerprint density at radius 3 is 2.14 bits per heavy atom. The molecule has 22 heavy (non-hydrogen) atoms. The molecule has 0 amide bonds. The summed E-state index contributed by atoms with van der Waals surface area (Å²) >= 11 is 6.03. The Bertz CT molecular complexity index is 985. The van der Waals surface area contributed by atoms with E-state index in [1.165, 1.54) is 17.5 Å². The van der Waals surface area contributed by atoms with Crippen LogP contribution in [0.1, 0.15) is 0 Å². The number of benzene rings is 4. The van der Waals surface area contributed by atoms with Crippen LogP contribution < -0.4 is 0 Å². The minimum absolute atomic E-state index is 0.320. The van der Waals surface area contributed by atoms with Crippen molar-refractivity contribution in [2.75, 3.05) is 0 Å². The zero-order chi connectivity index (χ0) is 15.1. The van der Waals surface area contributed by atoms with Crippen molar-refractivity contribution in [2.45, 2.75) is 0 Å². The second-order valence-corrected chi connectivity index (χ2v) is 5.79. The summed E-state index contributed by atoms with van der Waals surface area (Å²) in [6.45, 7) is 0. The molecule has 4 rings (SSSR count). The molecule has 0 heterocycles. The van der Waals surface area contributed by atoms with Crippen LogP contribution in [-0.4, -0.2) is 0 Å². The zero-order valence-electron chi connectivity index (χ0n) is 11.7. The van der Waals surface area contributed by atoms with Crippen LogP contribution in [0.4, 0.5) is 4.39 Å². The van der Waals surface area contributed by atoms with Crippen LogP contribution in [0.5, 0.6) is 0 Å². The quantitative estimate of drug-likeness (QED) is 0.354. The molecule has 0 saturated carbocycles. The van der Waals surface area contributed by atoms with Gasteiger partial charge in [-0.3, -0.25) is 0 Å². The highest BCUT2D eigenvalue weighted by molar-refractivity contribution is 6.31. The van der Waals surface area contributed by atoms with E-state index >= 15 is 0 Å². The Morgan fingerprint density at radius 1 is 0.682 bits per heavy atom. The maximum atomic E-state index is 13.7. The van der Waals surface area contributed by atoms with Crippen LogP contribution in [0.25, 0.3) is 32.7 Å². The van der Waals surface area contributed by atoms with Crippen LogP contribution in [-0.2, 0) is 0 Å². The number of rotatable bonds is 1. The molecule has 2 heteroatoms. The van der Waals surface area contributed by atoms with Crippen LogP contribution in [0.15, 0.2) is 72.8 Å². The normalized spacial score (nSPS) is 11.2. The lowest BCUT2D eigenvalue weighted by atomic mass is 9.93. The van der Waals surface area contributed by atoms with E-state index in [0.29, 0.717) is 5.02 Å². The lowest BCUT2D eigenvalue weighted by molar-refractivity contribution is 0.628. The minimum atomic E-state index is -0.320. The molecular weight excluding hydrogens is 295 g/mol. The van der Waals surface area contributed by atoms with Gasteiger partial charge in [0.25, 0.3) is 0 Å². The van der Waals surface area contributed by atoms with Gasteiger partial charge in [-0.1, -0.05) is 60.1 Å². The highest BCUT2D eigenvalue weighted by Crippen LogP contribution is 2.35. The van der Waals surface area contributed by atoms with Crippen molar-refractivity contribution < 1.29 is 4.39 Å². The highest BCUT2D eigenvalue weighted by atomic mass is 35.5. The van der Waals surface area contributed by atoms with Gasteiger partial charge in [0, 0.05) is 5.02 Å². The van der Waals surface area contributed by atoms with Crippen molar-refractivity contribution >= 4 is 33.1 Å². The molecule has 0 nitrogen and oxygen atoms in total. The van der Waals surface area contributed by atoms with E-state index in [2.05, 4.69) is 30.3 Å². The van der Waals surface area contributed by atoms with Gasteiger partial charge < -0.3 is 0 Å². The van der Waals surface area contributed by atoms with Gasteiger partial charge in [-0.2, -0.15) is 0 Å². The lowest BCUT2D eigenvalue weighted by Crippen LogP contribution is -1.86. The molecule has 0 aliphatic heterocycles. The van der Waals surface area contributed by atoms with E-state index in [4.69, 9.17) is 11.6 Å². The van der Waals surface area contributed by atoms with Crippen LogP contribution >= 0.6 is 11.6 Å². The molecule has 0 radical (unpaired) electrons. The average molecular weight is 307 g/mol. The van der Waals surface area contributed by atoms with Crippen LogP contribution in [0.3, 0.4) is 0 Å². The molecule has 106 valence electrons. The Labute approximate surface area is 132 Å². The summed E-state index contributed by atoms with van der Waals surface area (Å²) in [5, 5.41) is 5.01. The van der Waals surface area contributed by atoms with Gasteiger partial charge >= 0.3 is 0 Å². The Hall–Kier alpha value is -2.38. The van der Waals surface area contributed by atoms with Crippen molar-refractivity contribution in [3.63, 3.8) is 0 Å². The number of hydrogen-bond donors (Lipinski definition) is 0. The fraction of sp³-hybridized carbons (Fsp3) is 0. The standard InChI is InChI=1S/C20H12ClF/c21-15-9-14(10-16(22)12-15)20-11-13-5-1-2-6-17(13)18-7-3-4-8-19(18)20/h1-12H. The zero-order valence-corrected chi connectivity index (χ0v) is 12.4. The third kappa shape index (κ3) is 2.15. The predicted octanol–water partition coefficient (Wildman–Crippen LogP) is 6.45. The molecule has 0 atom stereocenters. The van der Waals surface area contributed by atoms with Crippen molar-refractivity contribution in [1.29, 1.82) is 0 Å². The molecule has 0 spiro atoms. The fourth-order valence-electron chi connectivity index (χ4n) is 3.00. The van der Waals surface area contributed by atoms with Gasteiger partial charge in [0.05, 0.1) is 0 Å². The Kier molecular flexibility index (Phi) is 3.09. The average Bonchev–Trinajstić information content (AvgIpc) is 2.53. The van der Waals surface area contributed by atoms with E-state index in [1.807, 2.05) is 24.3 Å². The molecule has 0 saturated heterocycles. The van der Waals surface area contributed by atoms with Crippen molar-refractivity contribution in [1.82, 2.24) is 0 Å². The monoisotopic (exact) mass is 306 g/mol. The number of fused-ring (bicyclic) bond motifs is 3. The molecular formula is C20H12ClF. The van der Waals surface area contributed by atoms with Crippen molar-refractivity contribution in [2.24, 2.45) is 0 Å². The van der Waals surface area contributed by atoms with Crippen molar-refractivity contribution in [3.05, 3.63) is 83.6 Å².